The normalized spacial score (nSPS) is 10.9. The Morgan fingerprint density at radius 2 is 1.68 bits per heavy atom. The van der Waals surface area contributed by atoms with Crippen LogP contribution in [0.1, 0.15) is 16.2 Å². The summed E-state index contributed by atoms with van der Waals surface area (Å²) >= 11 is 0. The van der Waals surface area contributed by atoms with Crippen LogP contribution >= 0.6 is 0 Å². The number of aryl methyl sites for hydroxylation is 1. The fourth-order valence-electron chi connectivity index (χ4n) is 2.87. The minimum absolute atomic E-state index is 0.294. The highest BCUT2D eigenvalue weighted by Crippen LogP contribution is 2.16. The number of benzene rings is 3. The van der Waals surface area contributed by atoms with Crippen molar-refractivity contribution in [1.29, 1.82) is 0 Å². The number of fused-ring (bicyclic) bond motifs is 2. The zero-order chi connectivity index (χ0) is 17.4. The second-order valence-electron chi connectivity index (χ2n) is 5.82. The number of hydrogen-bond donors (Lipinski definition) is 1. The van der Waals surface area contributed by atoms with Crippen LogP contribution in [0.2, 0.25) is 0 Å². The molecule has 1 heterocycles. The first-order valence-electron chi connectivity index (χ1n) is 7.92. The van der Waals surface area contributed by atoms with E-state index in [2.05, 4.69) is 10.4 Å². The zero-order valence-corrected chi connectivity index (χ0v) is 13.6. The Balaban J connectivity index is 1.75. The van der Waals surface area contributed by atoms with E-state index in [9.17, 15) is 9.59 Å². The van der Waals surface area contributed by atoms with Crippen LogP contribution in [0.25, 0.3) is 21.7 Å². The van der Waals surface area contributed by atoms with Crippen molar-refractivity contribution >= 4 is 27.6 Å². The molecule has 4 rings (SSSR count). The highest BCUT2D eigenvalue weighted by molar-refractivity contribution is 6.03. The van der Waals surface area contributed by atoms with Gasteiger partial charge in [0, 0.05) is 5.56 Å². The molecular weight excluding hydrogens is 314 g/mol. The van der Waals surface area contributed by atoms with E-state index < -0.39 is 0 Å². The first-order chi connectivity index (χ1) is 12.1. The summed E-state index contributed by atoms with van der Waals surface area (Å²) in [6.45, 7) is 1.69. The van der Waals surface area contributed by atoms with E-state index in [0.717, 1.165) is 10.8 Å². The Morgan fingerprint density at radius 1 is 0.960 bits per heavy atom. The molecule has 5 heteroatoms. The zero-order valence-electron chi connectivity index (χ0n) is 13.6. The average Bonchev–Trinajstić information content (AvgIpc) is 2.64. The average molecular weight is 329 g/mol. The Bertz CT molecular complexity index is 1180. The van der Waals surface area contributed by atoms with Gasteiger partial charge < -0.3 is 0 Å². The SMILES string of the molecule is Cc1nc2ccccc2c(=O)n1NC(=O)c1ccc2ccccc2c1. The molecule has 0 spiro atoms. The molecule has 0 atom stereocenters. The molecule has 3 aromatic carbocycles. The van der Waals surface area contributed by atoms with Gasteiger partial charge in [-0.1, -0.05) is 42.5 Å². The first-order valence-corrected chi connectivity index (χ1v) is 7.92. The highest BCUT2D eigenvalue weighted by atomic mass is 16.2. The summed E-state index contributed by atoms with van der Waals surface area (Å²) in [6.07, 6.45) is 0. The molecule has 0 bridgehead atoms. The predicted molar refractivity (Wildman–Crippen MR) is 98.4 cm³/mol. The van der Waals surface area contributed by atoms with Gasteiger partial charge in [-0.25, -0.2) is 9.66 Å². The molecule has 0 saturated carbocycles. The molecule has 5 nitrogen and oxygen atoms in total. The number of rotatable bonds is 2. The Hall–Kier alpha value is -3.47. The molecule has 1 aromatic heterocycles. The number of hydrogen-bond acceptors (Lipinski definition) is 3. The minimum atomic E-state index is -0.354. The lowest BCUT2D eigenvalue weighted by Gasteiger charge is -2.12. The van der Waals surface area contributed by atoms with Gasteiger partial charge in [0.15, 0.2) is 0 Å². The van der Waals surface area contributed by atoms with Crippen LogP contribution in [0.15, 0.2) is 71.5 Å². The molecule has 0 fully saturated rings. The number of nitrogens with zero attached hydrogens (tertiary/aromatic N) is 2. The minimum Gasteiger partial charge on any atom is -0.267 e. The van der Waals surface area contributed by atoms with Gasteiger partial charge in [-0.3, -0.25) is 15.0 Å². The molecule has 0 aliphatic carbocycles. The van der Waals surface area contributed by atoms with Crippen LogP contribution in [-0.2, 0) is 0 Å². The molecule has 0 radical (unpaired) electrons. The quantitative estimate of drug-likeness (QED) is 0.614. The molecule has 0 aliphatic heterocycles. The Labute approximate surface area is 143 Å². The van der Waals surface area contributed by atoms with E-state index in [1.54, 1.807) is 37.3 Å². The summed E-state index contributed by atoms with van der Waals surface area (Å²) in [6, 6.07) is 20.3. The van der Waals surface area contributed by atoms with Crippen LogP contribution < -0.4 is 11.0 Å². The van der Waals surface area contributed by atoms with Crippen molar-refractivity contribution in [3.63, 3.8) is 0 Å². The smallest absolute Gasteiger partial charge is 0.267 e. The van der Waals surface area contributed by atoms with Crippen LogP contribution in [0.3, 0.4) is 0 Å². The van der Waals surface area contributed by atoms with Gasteiger partial charge in [-0.2, -0.15) is 0 Å². The van der Waals surface area contributed by atoms with Crippen molar-refractivity contribution in [3.8, 4) is 0 Å². The third kappa shape index (κ3) is 2.65. The third-order valence-electron chi connectivity index (χ3n) is 4.17. The fourth-order valence-corrected chi connectivity index (χ4v) is 2.87. The maximum Gasteiger partial charge on any atom is 0.280 e. The van der Waals surface area contributed by atoms with E-state index in [1.807, 2.05) is 36.4 Å². The molecule has 0 aliphatic rings. The topological polar surface area (TPSA) is 64.0 Å². The summed E-state index contributed by atoms with van der Waals surface area (Å²) in [5.74, 6) is 0.0749. The van der Waals surface area contributed by atoms with Crippen LogP contribution in [0.5, 0.6) is 0 Å². The summed E-state index contributed by atoms with van der Waals surface area (Å²) < 4.78 is 1.19. The highest BCUT2D eigenvalue weighted by Gasteiger charge is 2.12. The van der Waals surface area contributed by atoms with Crippen molar-refractivity contribution in [1.82, 2.24) is 9.66 Å². The lowest BCUT2D eigenvalue weighted by molar-refractivity contribution is 0.101. The van der Waals surface area contributed by atoms with Gasteiger partial charge in [0.25, 0.3) is 11.5 Å². The molecule has 1 N–H and O–H groups in total. The second-order valence-corrected chi connectivity index (χ2v) is 5.82. The monoisotopic (exact) mass is 329 g/mol. The van der Waals surface area contributed by atoms with Gasteiger partial charge >= 0.3 is 0 Å². The molecule has 122 valence electrons. The molecule has 0 saturated heterocycles. The maximum absolute atomic E-state index is 12.6. The lowest BCUT2D eigenvalue weighted by atomic mass is 10.1. The number of amides is 1. The first kappa shape index (κ1) is 15.1. The van der Waals surface area contributed by atoms with Gasteiger partial charge in [0.2, 0.25) is 0 Å². The van der Waals surface area contributed by atoms with E-state index in [0.29, 0.717) is 22.3 Å². The fraction of sp³-hybridized carbons (Fsp3) is 0.0500. The Morgan fingerprint density at radius 3 is 2.52 bits per heavy atom. The number of nitrogens with one attached hydrogen (secondary N) is 1. The summed E-state index contributed by atoms with van der Waals surface area (Å²) in [5.41, 5.74) is 3.46. The van der Waals surface area contributed by atoms with Crippen molar-refractivity contribution < 1.29 is 4.79 Å². The third-order valence-corrected chi connectivity index (χ3v) is 4.17. The number of carbonyl (C=O) groups is 1. The predicted octanol–water partition coefficient (Wildman–Crippen LogP) is 3.24. The molecule has 4 aromatic rings. The van der Waals surface area contributed by atoms with Crippen molar-refractivity contribution in [3.05, 3.63) is 88.5 Å². The van der Waals surface area contributed by atoms with Crippen molar-refractivity contribution in [2.24, 2.45) is 0 Å². The van der Waals surface area contributed by atoms with Gasteiger partial charge in [0.1, 0.15) is 5.82 Å². The lowest BCUT2D eigenvalue weighted by Crippen LogP contribution is -2.35. The molecule has 1 amide bonds. The molecule has 0 unspecified atom stereocenters. The van der Waals surface area contributed by atoms with E-state index in [1.165, 1.54) is 4.68 Å². The maximum atomic E-state index is 12.6. The van der Waals surface area contributed by atoms with E-state index in [4.69, 9.17) is 0 Å². The van der Waals surface area contributed by atoms with Crippen molar-refractivity contribution in [2.75, 3.05) is 5.43 Å². The van der Waals surface area contributed by atoms with Crippen molar-refractivity contribution in [2.45, 2.75) is 6.92 Å². The second kappa shape index (κ2) is 5.87. The summed E-state index contributed by atoms with van der Waals surface area (Å²) in [4.78, 5) is 29.6. The molecular formula is C20H15N3O2. The van der Waals surface area contributed by atoms with Gasteiger partial charge in [0.05, 0.1) is 10.9 Å². The number of para-hydroxylation sites is 1. The van der Waals surface area contributed by atoms with Gasteiger partial charge in [-0.15, -0.1) is 0 Å². The molecule has 25 heavy (non-hydrogen) atoms. The van der Waals surface area contributed by atoms with Crippen LogP contribution in [0.4, 0.5) is 0 Å². The van der Waals surface area contributed by atoms with E-state index >= 15 is 0 Å². The van der Waals surface area contributed by atoms with Gasteiger partial charge in [-0.05, 0) is 42.0 Å². The summed E-state index contributed by atoms with van der Waals surface area (Å²) in [5, 5.41) is 2.49. The van der Waals surface area contributed by atoms with Crippen LogP contribution in [-0.4, -0.2) is 15.6 Å². The summed E-state index contributed by atoms with van der Waals surface area (Å²) in [7, 11) is 0. The number of carbonyl (C=O) groups excluding carboxylic acids is 1. The Kier molecular flexibility index (Phi) is 3.54. The largest absolute Gasteiger partial charge is 0.280 e. The van der Waals surface area contributed by atoms with E-state index in [-0.39, 0.29) is 11.5 Å². The van der Waals surface area contributed by atoms with Crippen LogP contribution in [0, 0.1) is 6.92 Å². The number of aromatic nitrogens is 2. The standard InChI is InChI=1S/C20H15N3O2/c1-13-21-18-9-5-4-8-17(18)20(25)23(13)22-19(24)16-11-10-14-6-2-3-7-15(14)12-16/h2-12H,1H3,(H,22,24).